The molecule has 0 aliphatic carbocycles. The average Bonchev–Trinajstić information content (AvgIpc) is 3.18. The highest BCUT2D eigenvalue weighted by molar-refractivity contribution is 7.99. The summed E-state index contributed by atoms with van der Waals surface area (Å²) in [4.78, 5) is 12.1. The van der Waals surface area contributed by atoms with Crippen LogP contribution in [0.3, 0.4) is 0 Å². The summed E-state index contributed by atoms with van der Waals surface area (Å²) >= 11 is 1.29. The first-order valence-electron chi connectivity index (χ1n) is 9.97. The van der Waals surface area contributed by atoms with Crippen LogP contribution in [0.2, 0.25) is 0 Å². The van der Waals surface area contributed by atoms with E-state index in [0.29, 0.717) is 17.5 Å². The van der Waals surface area contributed by atoms with E-state index in [0.717, 1.165) is 29.1 Å². The van der Waals surface area contributed by atoms with Crippen molar-refractivity contribution in [1.29, 1.82) is 0 Å². The summed E-state index contributed by atoms with van der Waals surface area (Å²) in [5.74, 6) is 1.02. The lowest BCUT2D eigenvalue weighted by Crippen LogP contribution is -2.29. The molecule has 3 aromatic rings. The van der Waals surface area contributed by atoms with Gasteiger partial charge in [-0.1, -0.05) is 35.5 Å². The van der Waals surface area contributed by atoms with Crippen molar-refractivity contribution in [2.45, 2.75) is 31.7 Å². The van der Waals surface area contributed by atoms with Gasteiger partial charge in [0.1, 0.15) is 12.4 Å². The summed E-state index contributed by atoms with van der Waals surface area (Å²) in [5, 5.41) is 11.9. The molecule has 0 atom stereocenters. The van der Waals surface area contributed by atoms with E-state index < -0.39 is 11.7 Å². The Morgan fingerprint density at radius 3 is 2.56 bits per heavy atom. The van der Waals surface area contributed by atoms with Crippen molar-refractivity contribution in [2.75, 3.05) is 18.9 Å². The van der Waals surface area contributed by atoms with Crippen LogP contribution in [0.25, 0.3) is 11.4 Å². The summed E-state index contributed by atoms with van der Waals surface area (Å²) in [7, 11) is 0. The first-order valence-corrected chi connectivity index (χ1v) is 11.0. The zero-order chi connectivity index (χ0) is 23.1. The predicted molar refractivity (Wildman–Crippen MR) is 117 cm³/mol. The number of thioether (sulfide) groups is 1. The molecule has 0 spiro atoms. The lowest BCUT2D eigenvalue weighted by molar-refractivity contribution is -0.137. The molecule has 6 nitrogen and oxygen atoms in total. The first kappa shape index (κ1) is 23.6. The van der Waals surface area contributed by atoms with Gasteiger partial charge in [-0.05, 0) is 44.2 Å². The normalized spacial score (nSPS) is 11.4. The van der Waals surface area contributed by atoms with Crippen LogP contribution in [0, 0.1) is 6.92 Å². The van der Waals surface area contributed by atoms with Gasteiger partial charge in [0.25, 0.3) is 0 Å². The Kier molecular flexibility index (Phi) is 7.79. The number of halogens is 3. The van der Waals surface area contributed by atoms with Gasteiger partial charge in [0.05, 0.1) is 17.9 Å². The second kappa shape index (κ2) is 10.5. The van der Waals surface area contributed by atoms with Crippen molar-refractivity contribution in [3.63, 3.8) is 0 Å². The number of carbonyl (C=O) groups is 1. The van der Waals surface area contributed by atoms with Crippen LogP contribution in [-0.4, -0.2) is 39.6 Å². The molecule has 1 heterocycles. The number of ether oxygens (including phenoxy) is 1. The quantitative estimate of drug-likeness (QED) is 0.371. The second-order valence-electron chi connectivity index (χ2n) is 6.93. The number of nitrogens with zero attached hydrogens (tertiary/aromatic N) is 3. The van der Waals surface area contributed by atoms with Crippen LogP contribution in [0.15, 0.2) is 53.7 Å². The van der Waals surface area contributed by atoms with E-state index >= 15 is 0 Å². The van der Waals surface area contributed by atoms with Gasteiger partial charge >= 0.3 is 6.18 Å². The molecule has 0 aliphatic heterocycles. The fourth-order valence-corrected chi connectivity index (χ4v) is 3.79. The topological polar surface area (TPSA) is 69.0 Å². The van der Waals surface area contributed by atoms with E-state index in [1.807, 2.05) is 42.7 Å². The molecule has 1 N–H and O–H groups in total. The molecular formula is C22H23F3N4O2S. The average molecular weight is 465 g/mol. The van der Waals surface area contributed by atoms with Gasteiger partial charge in [0.15, 0.2) is 11.0 Å². The molecule has 2 aromatic carbocycles. The van der Waals surface area contributed by atoms with Gasteiger partial charge < -0.3 is 14.6 Å². The number of hydrogen-bond donors (Lipinski definition) is 1. The molecule has 0 radical (unpaired) electrons. The fourth-order valence-electron chi connectivity index (χ4n) is 2.96. The largest absolute Gasteiger partial charge is 0.492 e. The molecule has 0 unspecified atom stereocenters. The smallest absolute Gasteiger partial charge is 0.416 e. The summed E-state index contributed by atoms with van der Waals surface area (Å²) in [5.41, 5.74) is 1.36. The van der Waals surface area contributed by atoms with E-state index in [9.17, 15) is 18.0 Å². The zero-order valence-corrected chi connectivity index (χ0v) is 18.5. The van der Waals surface area contributed by atoms with E-state index in [1.54, 1.807) is 0 Å². The van der Waals surface area contributed by atoms with Crippen molar-refractivity contribution < 1.29 is 22.7 Å². The molecule has 0 saturated carbocycles. The van der Waals surface area contributed by atoms with Gasteiger partial charge in [-0.2, -0.15) is 13.2 Å². The molecule has 170 valence electrons. The minimum atomic E-state index is -4.38. The van der Waals surface area contributed by atoms with Crippen LogP contribution >= 0.6 is 11.8 Å². The molecule has 32 heavy (non-hydrogen) atoms. The number of nitrogens with one attached hydrogen (secondary N) is 1. The van der Waals surface area contributed by atoms with E-state index in [2.05, 4.69) is 15.5 Å². The first-order chi connectivity index (χ1) is 15.3. The van der Waals surface area contributed by atoms with Crippen LogP contribution < -0.4 is 10.1 Å². The van der Waals surface area contributed by atoms with E-state index in [-0.39, 0.29) is 24.8 Å². The Morgan fingerprint density at radius 2 is 1.91 bits per heavy atom. The zero-order valence-electron chi connectivity index (χ0n) is 17.6. The van der Waals surface area contributed by atoms with Gasteiger partial charge in [-0.3, -0.25) is 4.79 Å². The van der Waals surface area contributed by atoms with Crippen LogP contribution in [0.5, 0.6) is 5.75 Å². The molecule has 0 fully saturated rings. The maximum atomic E-state index is 12.6. The molecule has 0 bridgehead atoms. The number of aromatic nitrogens is 3. The summed E-state index contributed by atoms with van der Waals surface area (Å²) < 4.78 is 45.0. The van der Waals surface area contributed by atoms with Crippen molar-refractivity contribution in [1.82, 2.24) is 20.1 Å². The number of hydrogen-bond acceptors (Lipinski definition) is 5. The number of carbonyl (C=O) groups excluding carboxylic acids is 1. The second-order valence-corrected chi connectivity index (χ2v) is 7.87. The minimum absolute atomic E-state index is 0.143. The van der Waals surface area contributed by atoms with Crippen molar-refractivity contribution >= 4 is 17.7 Å². The molecule has 0 saturated heterocycles. The monoisotopic (exact) mass is 464 g/mol. The van der Waals surface area contributed by atoms with Gasteiger partial charge in [0.2, 0.25) is 5.91 Å². The van der Waals surface area contributed by atoms with Crippen LogP contribution in [0.1, 0.15) is 18.1 Å². The Labute approximate surface area is 188 Å². The third kappa shape index (κ3) is 6.25. The number of rotatable bonds is 9. The predicted octanol–water partition coefficient (Wildman–Crippen LogP) is 4.58. The van der Waals surface area contributed by atoms with E-state index in [1.165, 1.54) is 23.9 Å². The van der Waals surface area contributed by atoms with E-state index in [4.69, 9.17) is 4.74 Å². The minimum Gasteiger partial charge on any atom is -0.492 e. The molecular weight excluding hydrogens is 441 g/mol. The standard InChI is InChI=1S/C22H23F3N4O2S/c1-3-29-20(16-6-4-5-15(2)13-16)27-28-21(29)32-14-19(30)26-11-12-31-18-9-7-17(8-10-18)22(23,24)25/h4-10,13H,3,11-12,14H2,1-2H3,(H,26,30). The Hall–Kier alpha value is -3.01. The van der Waals surface area contributed by atoms with Crippen molar-refractivity contribution in [2.24, 2.45) is 0 Å². The summed E-state index contributed by atoms with van der Waals surface area (Å²) in [6, 6.07) is 12.4. The Balaban J connectivity index is 1.45. The highest BCUT2D eigenvalue weighted by atomic mass is 32.2. The lowest BCUT2D eigenvalue weighted by Gasteiger charge is -2.10. The van der Waals surface area contributed by atoms with Gasteiger partial charge in [-0.25, -0.2) is 0 Å². The molecule has 1 aromatic heterocycles. The highest BCUT2D eigenvalue weighted by Crippen LogP contribution is 2.30. The Bertz CT molecular complexity index is 1050. The lowest BCUT2D eigenvalue weighted by atomic mass is 10.1. The molecule has 3 rings (SSSR count). The molecule has 0 aliphatic rings. The number of benzene rings is 2. The maximum absolute atomic E-state index is 12.6. The number of alkyl halides is 3. The van der Waals surface area contributed by atoms with Crippen molar-refractivity contribution in [3.05, 3.63) is 59.7 Å². The van der Waals surface area contributed by atoms with Gasteiger partial charge in [-0.15, -0.1) is 10.2 Å². The fraction of sp³-hybridized carbons (Fsp3) is 0.318. The SMILES string of the molecule is CCn1c(SCC(=O)NCCOc2ccc(C(F)(F)F)cc2)nnc1-c1cccc(C)c1. The number of amides is 1. The van der Waals surface area contributed by atoms with Crippen molar-refractivity contribution in [3.8, 4) is 17.1 Å². The summed E-state index contributed by atoms with van der Waals surface area (Å²) in [6.45, 7) is 5.05. The third-order valence-corrected chi connectivity index (χ3v) is 5.48. The third-order valence-electron chi connectivity index (χ3n) is 4.52. The number of aryl methyl sites for hydroxylation is 1. The molecule has 1 amide bonds. The highest BCUT2D eigenvalue weighted by Gasteiger charge is 2.30. The Morgan fingerprint density at radius 1 is 1.16 bits per heavy atom. The summed E-state index contributed by atoms with van der Waals surface area (Å²) in [6.07, 6.45) is -4.38. The van der Waals surface area contributed by atoms with Gasteiger partial charge in [0, 0.05) is 12.1 Å². The maximum Gasteiger partial charge on any atom is 0.416 e. The van der Waals surface area contributed by atoms with Crippen LogP contribution in [0.4, 0.5) is 13.2 Å². The molecule has 10 heteroatoms. The van der Waals surface area contributed by atoms with Crippen LogP contribution in [-0.2, 0) is 17.5 Å².